The van der Waals surface area contributed by atoms with Crippen molar-refractivity contribution in [2.24, 2.45) is 0 Å². The number of hydrogen-bond donors (Lipinski definition) is 1. The minimum Gasteiger partial charge on any atom is -0.506 e. The normalized spacial score (nSPS) is 9.76. The quantitative estimate of drug-likeness (QED) is 0.510. The van der Waals surface area contributed by atoms with Crippen molar-refractivity contribution in [3.05, 3.63) is 55.4 Å². The Morgan fingerprint density at radius 2 is 1.52 bits per heavy atom. The first-order valence-corrected chi connectivity index (χ1v) is 8.59. The first kappa shape index (κ1) is 18.9. The summed E-state index contributed by atoms with van der Waals surface area (Å²) in [5.41, 5.74) is 0. The first-order valence-electron chi connectivity index (χ1n) is 5.72. The number of halogens is 5. The van der Waals surface area contributed by atoms with E-state index < -0.39 is 0 Å². The highest BCUT2D eigenvalue weighted by Crippen LogP contribution is 2.27. The van der Waals surface area contributed by atoms with Gasteiger partial charge in [0.15, 0.2) is 0 Å². The highest BCUT2D eigenvalue weighted by Gasteiger charge is 2.00. The lowest BCUT2D eigenvalue weighted by molar-refractivity contribution is 0.343. The van der Waals surface area contributed by atoms with Crippen molar-refractivity contribution in [2.75, 3.05) is 12.5 Å². The maximum absolute atomic E-state index is 8.89. The highest BCUT2D eigenvalue weighted by molar-refractivity contribution is 9.10. The molecular formula is C14H11Br2Cl3O2. The van der Waals surface area contributed by atoms with Gasteiger partial charge in [0.05, 0.1) is 15.9 Å². The van der Waals surface area contributed by atoms with Crippen LogP contribution in [0, 0.1) is 0 Å². The SMILES string of the molecule is ClCCOc1ccc(Br)cc1Cl.Oc1ccc(Br)cc1Cl. The predicted molar refractivity (Wildman–Crippen MR) is 96.2 cm³/mol. The zero-order chi connectivity index (χ0) is 15.8. The summed E-state index contributed by atoms with van der Waals surface area (Å²) in [5, 5.41) is 9.85. The minimum atomic E-state index is 0.111. The molecule has 0 spiro atoms. The van der Waals surface area contributed by atoms with E-state index in [1.807, 2.05) is 6.07 Å². The standard InChI is InChI=1S/C8H7BrCl2O.C6H4BrClO/c9-6-1-2-8(7(11)5-6)12-4-3-10;7-4-1-2-6(9)5(8)3-4/h1-2,5H,3-4H2;1-3,9H. The Hall–Kier alpha value is -0.130. The zero-order valence-corrected chi connectivity index (χ0v) is 16.1. The van der Waals surface area contributed by atoms with E-state index in [0.717, 1.165) is 8.95 Å². The van der Waals surface area contributed by atoms with Crippen LogP contribution in [0.1, 0.15) is 0 Å². The van der Waals surface area contributed by atoms with Gasteiger partial charge in [-0.05, 0) is 36.4 Å². The molecule has 2 nitrogen and oxygen atoms in total. The molecule has 0 radical (unpaired) electrons. The number of alkyl halides is 1. The fourth-order valence-electron chi connectivity index (χ4n) is 1.22. The smallest absolute Gasteiger partial charge is 0.138 e. The lowest BCUT2D eigenvalue weighted by Gasteiger charge is -2.05. The monoisotopic (exact) mass is 474 g/mol. The summed E-state index contributed by atoms with van der Waals surface area (Å²) in [7, 11) is 0. The van der Waals surface area contributed by atoms with Crippen LogP contribution in [-0.4, -0.2) is 17.6 Å². The Morgan fingerprint density at radius 3 is 2.00 bits per heavy atom. The van der Waals surface area contributed by atoms with E-state index in [1.54, 1.807) is 24.3 Å². The Bertz CT molecular complexity index is 594. The number of phenols is 1. The number of hydrogen-bond acceptors (Lipinski definition) is 2. The van der Waals surface area contributed by atoms with Crippen LogP contribution in [0.3, 0.4) is 0 Å². The van der Waals surface area contributed by atoms with Crippen molar-refractivity contribution in [1.82, 2.24) is 0 Å². The molecule has 0 aliphatic rings. The van der Waals surface area contributed by atoms with Gasteiger partial charge in [0, 0.05) is 8.95 Å². The molecule has 0 atom stereocenters. The molecule has 7 heteroatoms. The largest absolute Gasteiger partial charge is 0.506 e. The van der Waals surface area contributed by atoms with E-state index in [1.165, 1.54) is 6.07 Å². The topological polar surface area (TPSA) is 29.5 Å². The van der Waals surface area contributed by atoms with E-state index in [4.69, 9.17) is 44.6 Å². The third kappa shape index (κ3) is 7.11. The molecular weight excluding hydrogens is 466 g/mol. The molecule has 0 saturated heterocycles. The van der Waals surface area contributed by atoms with Gasteiger partial charge in [-0.2, -0.15) is 0 Å². The molecule has 0 fully saturated rings. The molecule has 0 aliphatic heterocycles. The lowest BCUT2D eigenvalue weighted by Crippen LogP contribution is -1.98. The van der Waals surface area contributed by atoms with Gasteiger partial charge in [0.2, 0.25) is 0 Å². The number of rotatable bonds is 3. The van der Waals surface area contributed by atoms with Crippen LogP contribution in [0.4, 0.5) is 0 Å². The van der Waals surface area contributed by atoms with Crippen molar-refractivity contribution < 1.29 is 9.84 Å². The van der Waals surface area contributed by atoms with Crippen LogP contribution in [0.25, 0.3) is 0 Å². The number of phenolic OH excluding ortho intramolecular Hbond substituents is 1. The van der Waals surface area contributed by atoms with Crippen molar-refractivity contribution >= 4 is 66.7 Å². The minimum absolute atomic E-state index is 0.111. The summed E-state index contributed by atoms with van der Waals surface area (Å²) in [5.74, 6) is 1.24. The summed E-state index contributed by atoms with van der Waals surface area (Å²) in [6, 6.07) is 10.4. The second-order valence-corrected chi connectivity index (χ2v) is 6.73. The van der Waals surface area contributed by atoms with Crippen LogP contribution in [0.5, 0.6) is 11.5 Å². The third-order valence-electron chi connectivity index (χ3n) is 2.14. The van der Waals surface area contributed by atoms with E-state index in [-0.39, 0.29) is 5.75 Å². The van der Waals surface area contributed by atoms with E-state index in [9.17, 15) is 0 Å². The third-order valence-corrected chi connectivity index (χ3v) is 3.88. The fraction of sp³-hybridized carbons (Fsp3) is 0.143. The van der Waals surface area contributed by atoms with Crippen molar-refractivity contribution in [1.29, 1.82) is 0 Å². The summed E-state index contributed by atoms with van der Waals surface area (Å²) in [4.78, 5) is 0. The Morgan fingerprint density at radius 1 is 0.952 bits per heavy atom. The first-order chi connectivity index (χ1) is 9.93. The molecule has 21 heavy (non-hydrogen) atoms. The highest BCUT2D eigenvalue weighted by atomic mass is 79.9. The molecule has 2 aromatic carbocycles. The lowest BCUT2D eigenvalue weighted by atomic mass is 10.3. The van der Waals surface area contributed by atoms with Crippen LogP contribution < -0.4 is 4.74 Å². The molecule has 2 aromatic rings. The van der Waals surface area contributed by atoms with Crippen LogP contribution in [-0.2, 0) is 0 Å². The van der Waals surface area contributed by atoms with Gasteiger partial charge in [0.1, 0.15) is 18.1 Å². The molecule has 0 aromatic heterocycles. The maximum atomic E-state index is 8.89. The molecule has 1 N–H and O–H groups in total. The van der Waals surface area contributed by atoms with E-state index >= 15 is 0 Å². The van der Waals surface area contributed by atoms with Gasteiger partial charge in [0.25, 0.3) is 0 Å². The zero-order valence-electron chi connectivity index (χ0n) is 10.6. The Balaban J connectivity index is 0.000000219. The average molecular weight is 477 g/mol. The van der Waals surface area contributed by atoms with Crippen LogP contribution in [0.2, 0.25) is 10.0 Å². The van der Waals surface area contributed by atoms with Gasteiger partial charge in [-0.1, -0.05) is 55.1 Å². The number of benzene rings is 2. The molecule has 0 aliphatic carbocycles. The van der Waals surface area contributed by atoms with E-state index in [0.29, 0.717) is 28.3 Å². The molecule has 0 unspecified atom stereocenters. The molecule has 0 saturated carbocycles. The summed E-state index contributed by atoms with van der Waals surface area (Å²) in [6.07, 6.45) is 0. The fourth-order valence-corrected chi connectivity index (χ4v) is 2.70. The number of ether oxygens (including phenoxy) is 1. The molecule has 0 amide bonds. The average Bonchev–Trinajstić information content (AvgIpc) is 2.43. The molecule has 0 bridgehead atoms. The number of aromatic hydroxyl groups is 1. The van der Waals surface area contributed by atoms with Gasteiger partial charge in [-0.25, -0.2) is 0 Å². The molecule has 114 valence electrons. The second kappa shape index (κ2) is 9.80. The summed E-state index contributed by atoms with van der Waals surface area (Å²) < 4.78 is 7.06. The van der Waals surface area contributed by atoms with E-state index in [2.05, 4.69) is 31.9 Å². The van der Waals surface area contributed by atoms with Gasteiger partial charge >= 0.3 is 0 Å². The van der Waals surface area contributed by atoms with Gasteiger partial charge in [-0.15, -0.1) is 11.6 Å². The van der Waals surface area contributed by atoms with Gasteiger partial charge in [-0.3, -0.25) is 0 Å². The second-order valence-electron chi connectivity index (χ2n) is 3.71. The van der Waals surface area contributed by atoms with Crippen LogP contribution in [0.15, 0.2) is 45.3 Å². The van der Waals surface area contributed by atoms with Gasteiger partial charge < -0.3 is 9.84 Å². The maximum Gasteiger partial charge on any atom is 0.138 e. The van der Waals surface area contributed by atoms with Crippen molar-refractivity contribution in [3.63, 3.8) is 0 Å². The molecule has 2 rings (SSSR count). The predicted octanol–water partition coefficient (Wildman–Crippen LogP) is 6.53. The molecule has 0 heterocycles. The summed E-state index contributed by atoms with van der Waals surface area (Å²) in [6.45, 7) is 0.475. The Labute approximate surface area is 155 Å². The van der Waals surface area contributed by atoms with Crippen LogP contribution >= 0.6 is 66.7 Å². The van der Waals surface area contributed by atoms with Crippen molar-refractivity contribution in [3.8, 4) is 11.5 Å². The summed E-state index contributed by atoms with van der Waals surface area (Å²) >= 11 is 23.4. The Kier molecular flexibility index (Phi) is 8.83. The van der Waals surface area contributed by atoms with Crippen molar-refractivity contribution in [2.45, 2.75) is 0 Å².